The number of hydrogen-bond donors (Lipinski definition) is 1. The fourth-order valence-corrected chi connectivity index (χ4v) is 3.54. The third-order valence-electron chi connectivity index (χ3n) is 3.78. The first kappa shape index (κ1) is 18.7. The Labute approximate surface area is 136 Å². The fraction of sp³-hybridized carbons (Fsp3) is 0.667. The van der Waals surface area contributed by atoms with E-state index in [2.05, 4.69) is 4.99 Å². The number of hydrogen-bond acceptors (Lipinski definition) is 5. The largest absolute Gasteiger partial charge is 0.342 e. The minimum atomic E-state index is -1.17. The van der Waals surface area contributed by atoms with Crippen LogP contribution in [0.2, 0.25) is 0 Å². The summed E-state index contributed by atoms with van der Waals surface area (Å²) in [6.07, 6.45) is 4.20. The average molecular weight is 326 g/mol. The molecule has 0 bridgehead atoms. The summed E-state index contributed by atoms with van der Waals surface area (Å²) in [6.45, 7) is 9.98. The number of amides is 2. The molecule has 2 unspecified atom stereocenters. The Hall–Kier alpha value is -1.34. The topological polar surface area (TPSA) is 79.0 Å². The summed E-state index contributed by atoms with van der Waals surface area (Å²) in [5.74, 6) is -0.163. The molecule has 0 fully saturated rings. The number of aliphatic imine (C=N–C) groups is 1. The molecule has 22 heavy (non-hydrogen) atoms. The molecule has 0 radical (unpaired) electrons. The summed E-state index contributed by atoms with van der Waals surface area (Å²) in [4.78, 5) is 33.0. The van der Waals surface area contributed by atoms with E-state index in [9.17, 15) is 9.59 Å². The fourth-order valence-electron chi connectivity index (χ4n) is 2.32. The van der Waals surface area contributed by atoms with Crippen LogP contribution in [0.25, 0.3) is 0 Å². The van der Waals surface area contributed by atoms with Crippen LogP contribution >= 0.6 is 11.8 Å². The maximum atomic E-state index is 13.0. The summed E-state index contributed by atoms with van der Waals surface area (Å²) < 4.78 is -1.17. The van der Waals surface area contributed by atoms with Crippen molar-refractivity contribution in [2.45, 2.75) is 38.6 Å². The van der Waals surface area contributed by atoms with Gasteiger partial charge in [-0.1, -0.05) is 6.08 Å². The molecule has 1 heterocycles. The number of carbonyl (C=O) groups is 2. The molecular weight excluding hydrogens is 300 g/mol. The zero-order valence-corrected chi connectivity index (χ0v) is 14.6. The molecule has 2 atom stereocenters. The normalized spacial score (nSPS) is 23.4. The standard InChI is InChI=1S/C15H26N4O2S/c1-5-18(6-2)13(20)15(10-9-11-17-12(15)16)22-14(21)19(7-3)8-4/h9-12H,5-8,16H2,1-4H3. The predicted molar refractivity (Wildman–Crippen MR) is 92.2 cm³/mol. The third kappa shape index (κ3) is 3.70. The van der Waals surface area contributed by atoms with E-state index in [0.29, 0.717) is 26.2 Å². The van der Waals surface area contributed by atoms with Crippen molar-refractivity contribution in [2.75, 3.05) is 26.2 Å². The third-order valence-corrected chi connectivity index (χ3v) is 5.10. The highest BCUT2D eigenvalue weighted by molar-refractivity contribution is 8.15. The molecule has 1 aliphatic heterocycles. The second-order valence-electron chi connectivity index (χ2n) is 4.91. The molecule has 0 aromatic heterocycles. The van der Waals surface area contributed by atoms with Crippen LogP contribution in [-0.2, 0) is 4.79 Å². The van der Waals surface area contributed by atoms with Crippen LogP contribution in [0.15, 0.2) is 17.1 Å². The molecule has 7 heteroatoms. The summed E-state index contributed by atoms with van der Waals surface area (Å²) in [7, 11) is 0. The molecule has 0 aromatic carbocycles. The Morgan fingerprint density at radius 3 is 2.14 bits per heavy atom. The summed E-state index contributed by atoms with van der Waals surface area (Å²) in [5, 5.41) is -0.150. The van der Waals surface area contributed by atoms with Crippen LogP contribution in [0.3, 0.4) is 0 Å². The van der Waals surface area contributed by atoms with Gasteiger partial charge in [-0.3, -0.25) is 14.6 Å². The second kappa shape index (κ2) is 8.33. The summed E-state index contributed by atoms with van der Waals surface area (Å²) in [5.41, 5.74) is 6.11. The lowest BCUT2D eigenvalue weighted by Gasteiger charge is -2.37. The Bertz CT molecular complexity index is 458. The van der Waals surface area contributed by atoms with E-state index in [1.165, 1.54) is 0 Å². The zero-order chi connectivity index (χ0) is 16.8. The van der Waals surface area contributed by atoms with Gasteiger partial charge in [0.2, 0.25) is 5.91 Å². The van der Waals surface area contributed by atoms with Gasteiger partial charge in [0.1, 0.15) is 6.17 Å². The molecule has 0 saturated carbocycles. The van der Waals surface area contributed by atoms with E-state index in [0.717, 1.165) is 11.8 Å². The molecule has 0 aromatic rings. The maximum Gasteiger partial charge on any atom is 0.283 e. The first-order valence-electron chi connectivity index (χ1n) is 7.70. The van der Waals surface area contributed by atoms with Crippen LogP contribution in [0, 0.1) is 0 Å². The van der Waals surface area contributed by atoms with E-state index < -0.39 is 10.9 Å². The molecule has 1 aliphatic rings. The van der Waals surface area contributed by atoms with Crippen molar-refractivity contribution in [1.29, 1.82) is 0 Å². The Morgan fingerprint density at radius 2 is 1.68 bits per heavy atom. The van der Waals surface area contributed by atoms with Gasteiger partial charge in [0.15, 0.2) is 4.75 Å². The van der Waals surface area contributed by atoms with Crippen molar-refractivity contribution < 1.29 is 9.59 Å². The van der Waals surface area contributed by atoms with Crippen LogP contribution < -0.4 is 5.73 Å². The summed E-state index contributed by atoms with van der Waals surface area (Å²) >= 11 is 0.971. The van der Waals surface area contributed by atoms with Crippen molar-refractivity contribution >= 4 is 29.1 Å². The van der Waals surface area contributed by atoms with Gasteiger partial charge in [-0.05, 0) is 45.5 Å². The zero-order valence-electron chi connectivity index (χ0n) is 13.8. The number of allylic oxidation sites excluding steroid dienone is 1. The van der Waals surface area contributed by atoms with Crippen molar-refractivity contribution in [3.05, 3.63) is 12.2 Å². The average Bonchev–Trinajstić information content (AvgIpc) is 2.52. The van der Waals surface area contributed by atoms with Crippen LogP contribution in [-0.4, -0.2) is 64.3 Å². The Kier molecular flexibility index (Phi) is 7.09. The molecule has 2 N–H and O–H groups in total. The lowest BCUT2D eigenvalue weighted by Crippen LogP contribution is -2.57. The second-order valence-corrected chi connectivity index (χ2v) is 6.14. The smallest absolute Gasteiger partial charge is 0.283 e. The molecule has 0 saturated heterocycles. The predicted octanol–water partition coefficient (Wildman–Crippen LogP) is 1.71. The monoisotopic (exact) mass is 326 g/mol. The highest BCUT2D eigenvalue weighted by Crippen LogP contribution is 2.36. The van der Waals surface area contributed by atoms with Gasteiger partial charge in [0.05, 0.1) is 0 Å². The van der Waals surface area contributed by atoms with E-state index in [4.69, 9.17) is 5.73 Å². The van der Waals surface area contributed by atoms with Crippen molar-refractivity contribution in [1.82, 2.24) is 9.80 Å². The molecule has 124 valence electrons. The number of thioether (sulfide) groups is 1. The molecular formula is C15H26N4O2S. The Morgan fingerprint density at radius 1 is 1.14 bits per heavy atom. The minimum absolute atomic E-state index is 0.150. The number of rotatable bonds is 6. The lowest BCUT2D eigenvalue weighted by molar-refractivity contribution is -0.132. The van der Waals surface area contributed by atoms with Gasteiger partial charge in [-0.25, -0.2) is 0 Å². The molecule has 0 aliphatic carbocycles. The van der Waals surface area contributed by atoms with E-state index in [1.54, 1.807) is 28.2 Å². The molecule has 0 spiro atoms. The highest BCUT2D eigenvalue weighted by atomic mass is 32.2. The maximum absolute atomic E-state index is 13.0. The first-order chi connectivity index (χ1) is 10.5. The quantitative estimate of drug-likeness (QED) is 0.806. The molecule has 6 nitrogen and oxygen atoms in total. The Balaban J connectivity index is 3.14. The van der Waals surface area contributed by atoms with E-state index >= 15 is 0 Å². The van der Waals surface area contributed by atoms with Gasteiger partial charge in [-0.15, -0.1) is 0 Å². The van der Waals surface area contributed by atoms with Crippen LogP contribution in [0.5, 0.6) is 0 Å². The molecule has 1 rings (SSSR count). The van der Waals surface area contributed by atoms with E-state index in [1.807, 2.05) is 27.7 Å². The highest BCUT2D eigenvalue weighted by Gasteiger charge is 2.48. The van der Waals surface area contributed by atoms with Crippen molar-refractivity contribution in [3.8, 4) is 0 Å². The number of nitrogens with zero attached hydrogens (tertiary/aromatic N) is 3. The number of carbonyl (C=O) groups excluding carboxylic acids is 2. The van der Waals surface area contributed by atoms with Gasteiger partial charge in [0.25, 0.3) is 5.24 Å². The van der Waals surface area contributed by atoms with Gasteiger partial charge in [0, 0.05) is 32.4 Å². The first-order valence-corrected chi connectivity index (χ1v) is 8.52. The van der Waals surface area contributed by atoms with Gasteiger partial charge < -0.3 is 15.5 Å². The minimum Gasteiger partial charge on any atom is -0.342 e. The van der Waals surface area contributed by atoms with Crippen LogP contribution in [0.1, 0.15) is 27.7 Å². The number of nitrogens with two attached hydrogens (primary N) is 1. The van der Waals surface area contributed by atoms with E-state index in [-0.39, 0.29) is 11.1 Å². The van der Waals surface area contributed by atoms with Crippen molar-refractivity contribution in [3.63, 3.8) is 0 Å². The van der Waals surface area contributed by atoms with Gasteiger partial charge >= 0.3 is 0 Å². The number of dihydropyridines is 1. The lowest BCUT2D eigenvalue weighted by atomic mass is 10.0. The molecule has 2 amide bonds. The SMILES string of the molecule is CCN(CC)C(=O)SC1(C(=O)N(CC)CC)C=CC=NC1N. The van der Waals surface area contributed by atoms with Crippen LogP contribution in [0.4, 0.5) is 4.79 Å². The van der Waals surface area contributed by atoms with Gasteiger partial charge in [-0.2, -0.15) is 0 Å². The summed E-state index contributed by atoms with van der Waals surface area (Å²) in [6, 6.07) is 0. The van der Waals surface area contributed by atoms with Crippen molar-refractivity contribution in [2.24, 2.45) is 10.7 Å².